The summed E-state index contributed by atoms with van der Waals surface area (Å²) in [6, 6.07) is 7.04. The van der Waals surface area contributed by atoms with Crippen LogP contribution < -0.4 is 0 Å². The molecule has 0 aliphatic carbocycles. The first kappa shape index (κ1) is 15.7. The second-order valence-electron chi connectivity index (χ2n) is 4.12. The molecule has 19 heavy (non-hydrogen) atoms. The molecule has 1 unspecified atom stereocenters. The van der Waals surface area contributed by atoms with Crippen LogP contribution in [0, 0.1) is 5.92 Å². The maximum absolute atomic E-state index is 12.0. The van der Waals surface area contributed by atoms with Crippen molar-refractivity contribution in [1.82, 2.24) is 0 Å². The lowest BCUT2D eigenvalue weighted by Crippen LogP contribution is -2.28. The van der Waals surface area contributed by atoms with E-state index >= 15 is 0 Å². The molecular formula is C14H17ClO4. The van der Waals surface area contributed by atoms with Crippen molar-refractivity contribution in [1.29, 1.82) is 0 Å². The predicted molar refractivity (Wildman–Crippen MR) is 72.2 cm³/mol. The number of esters is 1. The van der Waals surface area contributed by atoms with Crippen LogP contribution in [0.5, 0.6) is 0 Å². The standard InChI is InChI=1S/C14H17ClO4/c1-18-8-7-13(16)12(14(17)19-2)9-10-3-5-11(15)6-4-10/h3-6,12H,7-9H2,1-2H3. The Morgan fingerprint density at radius 1 is 1.21 bits per heavy atom. The van der Waals surface area contributed by atoms with E-state index in [1.54, 1.807) is 24.3 Å². The topological polar surface area (TPSA) is 52.6 Å². The maximum Gasteiger partial charge on any atom is 0.316 e. The quantitative estimate of drug-likeness (QED) is 0.569. The van der Waals surface area contributed by atoms with Crippen molar-refractivity contribution in [2.75, 3.05) is 20.8 Å². The summed E-state index contributed by atoms with van der Waals surface area (Å²) in [5.41, 5.74) is 0.866. The minimum absolute atomic E-state index is 0.177. The molecule has 0 spiro atoms. The van der Waals surface area contributed by atoms with Crippen LogP contribution in [0.3, 0.4) is 0 Å². The van der Waals surface area contributed by atoms with Crippen LogP contribution in [0.2, 0.25) is 5.02 Å². The first-order chi connectivity index (χ1) is 9.08. The molecule has 0 radical (unpaired) electrons. The SMILES string of the molecule is COCCC(=O)C(Cc1ccc(Cl)cc1)C(=O)OC. The highest BCUT2D eigenvalue weighted by atomic mass is 35.5. The summed E-state index contributed by atoms with van der Waals surface area (Å²) in [4.78, 5) is 23.6. The number of hydrogen-bond acceptors (Lipinski definition) is 4. The molecule has 5 heteroatoms. The number of halogens is 1. The summed E-state index contributed by atoms with van der Waals surface area (Å²) in [5.74, 6) is -1.49. The minimum atomic E-state index is -0.790. The van der Waals surface area contributed by atoms with Gasteiger partial charge in [0.05, 0.1) is 13.7 Å². The van der Waals surface area contributed by atoms with Crippen LogP contribution in [-0.2, 0) is 25.5 Å². The molecular weight excluding hydrogens is 268 g/mol. The van der Waals surface area contributed by atoms with Crippen LogP contribution in [0.25, 0.3) is 0 Å². The molecule has 0 saturated carbocycles. The Morgan fingerprint density at radius 2 is 1.84 bits per heavy atom. The predicted octanol–water partition coefficient (Wildman–Crippen LogP) is 2.28. The first-order valence-corrected chi connectivity index (χ1v) is 6.30. The number of ether oxygens (including phenoxy) is 2. The molecule has 0 fully saturated rings. The number of benzene rings is 1. The highest BCUT2D eigenvalue weighted by molar-refractivity contribution is 6.30. The van der Waals surface area contributed by atoms with E-state index in [9.17, 15) is 9.59 Å². The third-order valence-electron chi connectivity index (χ3n) is 2.78. The largest absolute Gasteiger partial charge is 0.468 e. The van der Waals surface area contributed by atoms with Gasteiger partial charge < -0.3 is 9.47 Å². The van der Waals surface area contributed by atoms with Gasteiger partial charge in [0.15, 0.2) is 0 Å². The van der Waals surface area contributed by atoms with Gasteiger partial charge in [0, 0.05) is 18.6 Å². The van der Waals surface area contributed by atoms with Crippen molar-refractivity contribution in [3.05, 3.63) is 34.9 Å². The normalized spacial score (nSPS) is 11.9. The number of carbonyl (C=O) groups is 2. The summed E-state index contributed by atoms with van der Waals surface area (Å²) >= 11 is 5.79. The van der Waals surface area contributed by atoms with E-state index in [2.05, 4.69) is 4.74 Å². The lowest BCUT2D eigenvalue weighted by Gasteiger charge is -2.13. The summed E-state index contributed by atoms with van der Waals surface area (Å²) in [5, 5.41) is 0.615. The third-order valence-corrected chi connectivity index (χ3v) is 3.03. The van der Waals surface area contributed by atoms with Gasteiger partial charge in [-0.15, -0.1) is 0 Å². The number of Topliss-reactive ketones (excluding diaryl/α,β-unsaturated/α-hetero) is 1. The number of ketones is 1. The van der Waals surface area contributed by atoms with E-state index in [1.165, 1.54) is 14.2 Å². The van der Waals surface area contributed by atoms with E-state index in [0.717, 1.165) is 5.56 Å². The smallest absolute Gasteiger partial charge is 0.316 e. The Hall–Kier alpha value is -1.39. The fourth-order valence-electron chi connectivity index (χ4n) is 1.70. The van der Waals surface area contributed by atoms with E-state index in [-0.39, 0.29) is 12.2 Å². The molecule has 1 aromatic rings. The lowest BCUT2D eigenvalue weighted by atomic mass is 9.94. The van der Waals surface area contributed by atoms with Gasteiger partial charge in [-0.25, -0.2) is 0 Å². The van der Waals surface area contributed by atoms with Crippen LogP contribution >= 0.6 is 11.6 Å². The van der Waals surface area contributed by atoms with Gasteiger partial charge in [-0.2, -0.15) is 0 Å². The molecule has 1 rings (SSSR count). The van der Waals surface area contributed by atoms with E-state index < -0.39 is 11.9 Å². The number of hydrogen-bond donors (Lipinski definition) is 0. The zero-order valence-electron chi connectivity index (χ0n) is 11.0. The fourth-order valence-corrected chi connectivity index (χ4v) is 1.83. The van der Waals surface area contributed by atoms with Gasteiger partial charge in [0.1, 0.15) is 11.7 Å². The minimum Gasteiger partial charge on any atom is -0.468 e. The number of carbonyl (C=O) groups excluding carboxylic acids is 2. The van der Waals surface area contributed by atoms with E-state index in [1.807, 2.05) is 0 Å². The average Bonchev–Trinajstić information content (AvgIpc) is 2.43. The summed E-state index contributed by atoms with van der Waals surface area (Å²) in [7, 11) is 2.79. The van der Waals surface area contributed by atoms with Crippen LogP contribution in [0.4, 0.5) is 0 Å². The Kier molecular flexibility index (Phi) is 6.53. The Morgan fingerprint density at radius 3 is 2.37 bits per heavy atom. The van der Waals surface area contributed by atoms with Gasteiger partial charge >= 0.3 is 5.97 Å². The van der Waals surface area contributed by atoms with Crippen molar-refractivity contribution in [2.45, 2.75) is 12.8 Å². The number of methoxy groups -OCH3 is 2. The van der Waals surface area contributed by atoms with Gasteiger partial charge in [0.2, 0.25) is 0 Å². The Bertz CT molecular complexity index is 428. The van der Waals surface area contributed by atoms with E-state index in [4.69, 9.17) is 16.3 Å². The first-order valence-electron chi connectivity index (χ1n) is 5.92. The van der Waals surface area contributed by atoms with Gasteiger partial charge in [-0.3, -0.25) is 9.59 Å². The number of rotatable bonds is 7. The van der Waals surface area contributed by atoms with Crippen LogP contribution in [-0.4, -0.2) is 32.6 Å². The molecule has 0 aliphatic heterocycles. The Labute approximate surface area is 117 Å². The second kappa shape index (κ2) is 7.92. The molecule has 0 aliphatic rings. The molecule has 0 bridgehead atoms. The molecule has 1 aromatic carbocycles. The highest BCUT2D eigenvalue weighted by Crippen LogP contribution is 2.16. The van der Waals surface area contributed by atoms with Crippen molar-refractivity contribution in [2.24, 2.45) is 5.92 Å². The zero-order valence-corrected chi connectivity index (χ0v) is 11.8. The van der Waals surface area contributed by atoms with Gasteiger partial charge in [0.25, 0.3) is 0 Å². The van der Waals surface area contributed by atoms with E-state index in [0.29, 0.717) is 18.1 Å². The van der Waals surface area contributed by atoms with Crippen LogP contribution in [0.1, 0.15) is 12.0 Å². The molecule has 0 saturated heterocycles. The van der Waals surface area contributed by atoms with Crippen LogP contribution in [0.15, 0.2) is 24.3 Å². The summed E-state index contributed by atoms with van der Waals surface area (Å²) in [6.07, 6.45) is 0.510. The van der Waals surface area contributed by atoms with Crippen molar-refractivity contribution < 1.29 is 19.1 Å². The lowest BCUT2D eigenvalue weighted by molar-refractivity contribution is -0.149. The molecule has 1 atom stereocenters. The molecule has 104 valence electrons. The zero-order chi connectivity index (χ0) is 14.3. The summed E-state index contributed by atoms with van der Waals surface area (Å²) in [6.45, 7) is 0.299. The highest BCUT2D eigenvalue weighted by Gasteiger charge is 2.27. The third kappa shape index (κ3) is 5.01. The summed E-state index contributed by atoms with van der Waals surface area (Å²) < 4.78 is 9.53. The molecule has 4 nitrogen and oxygen atoms in total. The van der Waals surface area contributed by atoms with Crippen molar-refractivity contribution >= 4 is 23.4 Å². The van der Waals surface area contributed by atoms with Gasteiger partial charge in [-0.1, -0.05) is 23.7 Å². The second-order valence-corrected chi connectivity index (χ2v) is 4.55. The molecule has 0 amide bonds. The monoisotopic (exact) mass is 284 g/mol. The van der Waals surface area contributed by atoms with Gasteiger partial charge in [-0.05, 0) is 24.1 Å². The Balaban J connectivity index is 2.77. The van der Waals surface area contributed by atoms with Crippen molar-refractivity contribution in [3.63, 3.8) is 0 Å². The average molecular weight is 285 g/mol. The molecule has 0 heterocycles. The fraction of sp³-hybridized carbons (Fsp3) is 0.429. The van der Waals surface area contributed by atoms with Crippen molar-refractivity contribution in [3.8, 4) is 0 Å². The molecule has 0 N–H and O–H groups in total. The molecule has 0 aromatic heterocycles. The maximum atomic E-state index is 12.0.